The molecule has 0 radical (unpaired) electrons. The first-order valence-corrected chi connectivity index (χ1v) is 6.38. The molecule has 0 heterocycles. The molecule has 94 valence electrons. The molecular weight excluding hydrogens is 202 g/mol. The first-order chi connectivity index (χ1) is 7.65. The first kappa shape index (κ1) is 13.5. The molecule has 0 bridgehead atoms. The summed E-state index contributed by atoms with van der Waals surface area (Å²) < 4.78 is 0. The Labute approximate surface area is 98.6 Å². The Morgan fingerprint density at radius 3 is 2.69 bits per heavy atom. The van der Waals surface area contributed by atoms with Crippen molar-refractivity contribution < 1.29 is 4.79 Å². The van der Waals surface area contributed by atoms with E-state index in [1.807, 2.05) is 6.92 Å². The summed E-state index contributed by atoms with van der Waals surface area (Å²) in [6.07, 6.45) is 6.01. The quantitative estimate of drug-likeness (QED) is 0.703. The molecule has 0 spiro atoms. The lowest BCUT2D eigenvalue weighted by atomic mass is 10.2. The third kappa shape index (κ3) is 4.10. The number of carbonyl (C=O) groups is 1. The van der Waals surface area contributed by atoms with E-state index in [0.29, 0.717) is 13.0 Å². The van der Waals surface area contributed by atoms with Crippen LogP contribution in [0, 0.1) is 0 Å². The van der Waals surface area contributed by atoms with E-state index in [1.165, 1.54) is 25.7 Å². The van der Waals surface area contributed by atoms with E-state index >= 15 is 0 Å². The highest BCUT2D eigenvalue weighted by Gasteiger charge is 2.19. The fraction of sp³-hybridized carbons (Fsp3) is 0.917. The fourth-order valence-corrected chi connectivity index (χ4v) is 2.20. The highest BCUT2D eigenvalue weighted by molar-refractivity contribution is 5.81. The lowest BCUT2D eigenvalue weighted by molar-refractivity contribution is -0.122. The number of amides is 1. The number of hydrogen-bond donors (Lipinski definition) is 2. The maximum absolute atomic E-state index is 11.4. The highest BCUT2D eigenvalue weighted by atomic mass is 16.2. The van der Waals surface area contributed by atoms with Gasteiger partial charge >= 0.3 is 0 Å². The van der Waals surface area contributed by atoms with Crippen LogP contribution in [0.1, 0.15) is 39.0 Å². The van der Waals surface area contributed by atoms with E-state index in [2.05, 4.69) is 17.3 Å². The Kier molecular flexibility index (Phi) is 5.77. The molecular formula is C12H25N3O. The van der Waals surface area contributed by atoms with Gasteiger partial charge in [0.1, 0.15) is 0 Å². The zero-order valence-corrected chi connectivity index (χ0v) is 10.5. The van der Waals surface area contributed by atoms with E-state index in [4.69, 9.17) is 5.73 Å². The van der Waals surface area contributed by atoms with Crippen LogP contribution in [0.4, 0.5) is 0 Å². The average molecular weight is 227 g/mol. The third-order valence-corrected chi connectivity index (χ3v) is 3.49. The van der Waals surface area contributed by atoms with Crippen molar-refractivity contribution in [2.45, 2.75) is 51.1 Å². The van der Waals surface area contributed by atoms with Crippen molar-refractivity contribution in [1.29, 1.82) is 0 Å². The highest BCUT2D eigenvalue weighted by Crippen LogP contribution is 2.21. The standard InChI is InChI=1S/C12H25N3O/c1-3-11(13)12(16)14-8-9-15(2)10-6-4-5-7-10/h10-11H,3-9,13H2,1-2H3,(H,14,16)/t11-/m0/s1. The number of carbonyl (C=O) groups excluding carboxylic acids is 1. The number of nitrogens with one attached hydrogen (secondary N) is 1. The van der Waals surface area contributed by atoms with Gasteiger partial charge in [-0.1, -0.05) is 19.8 Å². The molecule has 1 amide bonds. The van der Waals surface area contributed by atoms with Crippen molar-refractivity contribution in [3.05, 3.63) is 0 Å². The normalized spacial score (nSPS) is 19.0. The van der Waals surface area contributed by atoms with Crippen LogP contribution >= 0.6 is 0 Å². The SMILES string of the molecule is CC[C@H](N)C(=O)NCCN(C)C1CCCC1. The second-order valence-corrected chi connectivity index (χ2v) is 4.72. The molecule has 0 aromatic heterocycles. The molecule has 16 heavy (non-hydrogen) atoms. The summed E-state index contributed by atoms with van der Waals surface area (Å²) in [5, 5.41) is 2.88. The molecule has 0 aliphatic heterocycles. The predicted octanol–water partition coefficient (Wildman–Crippen LogP) is 0.714. The van der Waals surface area contributed by atoms with Gasteiger partial charge in [-0.25, -0.2) is 0 Å². The Morgan fingerprint density at radius 2 is 2.12 bits per heavy atom. The molecule has 3 N–H and O–H groups in total. The summed E-state index contributed by atoms with van der Waals surface area (Å²) in [6, 6.07) is 0.369. The maximum Gasteiger partial charge on any atom is 0.236 e. The summed E-state index contributed by atoms with van der Waals surface area (Å²) in [5.41, 5.74) is 5.63. The molecule has 4 heteroatoms. The molecule has 1 saturated carbocycles. The summed E-state index contributed by atoms with van der Waals surface area (Å²) in [7, 11) is 2.14. The molecule has 1 aliphatic rings. The Balaban J connectivity index is 2.12. The molecule has 0 saturated heterocycles. The lowest BCUT2D eigenvalue weighted by Crippen LogP contribution is -2.43. The van der Waals surface area contributed by atoms with Gasteiger partial charge in [0.05, 0.1) is 6.04 Å². The number of likely N-dealkylation sites (N-methyl/N-ethyl adjacent to an activating group) is 1. The minimum Gasteiger partial charge on any atom is -0.353 e. The van der Waals surface area contributed by atoms with Gasteiger partial charge in [-0.15, -0.1) is 0 Å². The van der Waals surface area contributed by atoms with Crippen LogP contribution in [0.5, 0.6) is 0 Å². The third-order valence-electron chi connectivity index (χ3n) is 3.49. The van der Waals surface area contributed by atoms with Crippen LogP contribution in [0.3, 0.4) is 0 Å². The summed E-state index contributed by atoms with van der Waals surface area (Å²) in [5.74, 6) is -0.0256. The van der Waals surface area contributed by atoms with Crippen molar-refractivity contribution in [3.63, 3.8) is 0 Å². The van der Waals surface area contributed by atoms with E-state index in [-0.39, 0.29) is 11.9 Å². The minimum atomic E-state index is -0.350. The topological polar surface area (TPSA) is 58.4 Å². The second-order valence-electron chi connectivity index (χ2n) is 4.72. The van der Waals surface area contributed by atoms with Crippen LogP contribution in [0.15, 0.2) is 0 Å². The van der Waals surface area contributed by atoms with Gasteiger partial charge in [0.2, 0.25) is 5.91 Å². The largest absolute Gasteiger partial charge is 0.353 e. The molecule has 0 aromatic carbocycles. The van der Waals surface area contributed by atoms with Gasteiger partial charge in [0.25, 0.3) is 0 Å². The van der Waals surface area contributed by atoms with E-state index < -0.39 is 0 Å². The van der Waals surface area contributed by atoms with Gasteiger partial charge in [-0.05, 0) is 26.3 Å². The average Bonchev–Trinajstić information content (AvgIpc) is 2.81. The maximum atomic E-state index is 11.4. The summed E-state index contributed by atoms with van der Waals surface area (Å²) in [4.78, 5) is 13.8. The summed E-state index contributed by atoms with van der Waals surface area (Å²) in [6.45, 7) is 3.56. The molecule has 0 aromatic rings. The van der Waals surface area contributed by atoms with Gasteiger partial charge in [0, 0.05) is 19.1 Å². The Hall–Kier alpha value is -0.610. The molecule has 4 nitrogen and oxygen atoms in total. The van der Waals surface area contributed by atoms with Crippen LogP contribution in [-0.4, -0.2) is 43.0 Å². The van der Waals surface area contributed by atoms with Crippen LogP contribution in [0.25, 0.3) is 0 Å². The zero-order chi connectivity index (χ0) is 12.0. The van der Waals surface area contributed by atoms with E-state index in [1.54, 1.807) is 0 Å². The predicted molar refractivity (Wildman–Crippen MR) is 66.2 cm³/mol. The second kappa shape index (κ2) is 6.86. The van der Waals surface area contributed by atoms with Gasteiger partial charge in [-0.3, -0.25) is 4.79 Å². The molecule has 1 rings (SSSR count). The summed E-state index contributed by atoms with van der Waals surface area (Å²) >= 11 is 0. The van der Waals surface area contributed by atoms with Crippen molar-refractivity contribution in [2.75, 3.05) is 20.1 Å². The number of nitrogens with zero attached hydrogens (tertiary/aromatic N) is 1. The van der Waals surface area contributed by atoms with Crippen molar-refractivity contribution in [3.8, 4) is 0 Å². The van der Waals surface area contributed by atoms with Gasteiger partial charge in [0.15, 0.2) is 0 Å². The monoisotopic (exact) mass is 227 g/mol. The molecule has 1 aliphatic carbocycles. The zero-order valence-electron chi connectivity index (χ0n) is 10.5. The van der Waals surface area contributed by atoms with Crippen LogP contribution in [-0.2, 0) is 4.79 Å². The van der Waals surface area contributed by atoms with Gasteiger partial charge in [-0.2, -0.15) is 0 Å². The van der Waals surface area contributed by atoms with E-state index in [0.717, 1.165) is 12.6 Å². The smallest absolute Gasteiger partial charge is 0.236 e. The van der Waals surface area contributed by atoms with Crippen molar-refractivity contribution in [1.82, 2.24) is 10.2 Å². The molecule has 0 unspecified atom stereocenters. The number of nitrogens with two attached hydrogens (primary N) is 1. The van der Waals surface area contributed by atoms with Crippen molar-refractivity contribution in [2.24, 2.45) is 5.73 Å². The minimum absolute atomic E-state index is 0.0256. The number of hydrogen-bond acceptors (Lipinski definition) is 3. The van der Waals surface area contributed by atoms with Crippen molar-refractivity contribution >= 4 is 5.91 Å². The molecule has 1 fully saturated rings. The Morgan fingerprint density at radius 1 is 1.50 bits per heavy atom. The first-order valence-electron chi connectivity index (χ1n) is 6.38. The fourth-order valence-electron chi connectivity index (χ4n) is 2.20. The lowest BCUT2D eigenvalue weighted by Gasteiger charge is -2.24. The molecule has 1 atom stereocenters. The van der Waals surface area contributed by atoms with Crippen LogP contribution in [0.2, 0.25) is 0 Å². The Bertz CT molecular complexity index is 214. The van der Waals surface area contributed by atoms with Gasteiger partial charge < -0.3 is 16.0 Å². The van der Waals surface area contributed by atoms with E-state index in [9.17, 15) is 4.79 Å². The number of rotatable bonds is 6. The van der Waals surface area contributed by atoms with Crippen LogP contribution < -0.4 is 11.1 Å².